The monoisotopic (exact) mass is 526 g/mol. The quantitative estimate of drug-likeness (QED) is 0.201. The summed E-state index contributed by atoms with van der Waals surface area (Å²) in [6.07, 6.45) is 0. The van der Waals surface area contributed by atoms with Gasteiger partial charge in [0.2, 0.25) is 0 Å². The molecule has 1 heterocycles. The van der Waals surface area contributed by atoms with Crippen LogP contribution in [0.25, 0.3) is 75.8 Å². The molecule has 0 aliphatic rings. The molecule has 188 valence electrons. The average molecular weight is 527 g/mol. The van der Waals surface area contributed by atoms with E-state index in [1.165, 1.54) is 80.7 Å². The van der Waals surface area contributed by atoms with Gasteiger partial charge in [-0.2, -0.15) is 0 Å². The van der Waals surface area contributed by atoms with Gasteiger partial charge in [0.15, 0.2) is 0 Å². The summed E-state index contributed by atoms with van der Waals surface area (Å²) in [5, 5.41) is 10.2. The Morgan fingerprint density at radius 1 is 0.375 bits per heavy atom. The zero-order valence-electron chi connectivity index (χ0n) is 22.2. The molecule has 1 heteroatoms. The minimum absolute atomic E-state index is 1.25. The minimum atomic E-state index is 1.25. The van der Waals surface area contributed by atoms with Crippen LogP contribution in [-0.2, 0) is 0 Å². The van der Waals surface area contributed by atoms with Crippen LogP contribution < -0.4 is 0 Å². The molecule has 0 unspecified atom stereocenters. The maximum atomic E-state index is 2.42. The van der Waals surface area contributed by atoms with Gasteiger partial charge >= 0.3 is 0 Å². The van der Waals surface area contributed by atoms with Crippen molar-refractivity contribution >= 4 is 54.4 Å². The molecule has 0 N–H and O–H groups in total. The van der Waals surface area contributed by atoms with Crippen molar-refractivity contribution in [2.45, 2.75) is 6.92 Å². The van der Waals surface area contributed by atoms with Gasteiger partial charge in [0.25, 0.3) is 0 Å². The van der Waals surface area contributed by atoms with Gasteiger partial charge < -0.3 is 0 Å². The molecule has 0 saturated carbocycles. The predicted molar refractivity (Wildman–Crippen MR) is 175 cm³/mol. The number of fused-ring (bicyclic) bond motifs is 4. The van der Waals surface area contributed by atoms with Crippen molar-refractivity contribution < 1.29 is 0 Å². The molecule has 0 saturated heterocycles. The first kappa shape index (κ1) is 23.2. The molecule has 7 aromatic carbocycles. The Hall–Kier alpha value is -4.72. The van der Waals surface area contributed by atoms with Crippen molar-refractivity contribution in [3.05, 3.63) is 144 Å². The van der Waals surface area contributed by atoms with Crippen molar-refractivity contribution in [1.82, 2.24) is 0 Å². The highest BCUT2D eigenvalue weighted by Crippen LogP contribution is 2.46. The number of rotatable bonds is 3. The van der Waals surface area contributed by atoms with Gasteiger partial charge in [0.05, 0.1) is 0 Å². The zero-order chi connectivity index (χ0) is 26.6. The number of hydrogen-bond acceptors (Lipinski definition) is 1. The van der Waals surface area contributed by atoms with E-state index < -0.39 is 0 Å². The van der Waals surface area contributed by atoms with Crippen molar-refractivity contribution in [2.24, 2.45) is 0 Å². The standard InChI is InChI=1S/C39H26S/c1-25-14-21-37(40-25)30-19-20-35-36(24-30)39(32-18-16-27-9-3-5-11-29(27)23-32)34-13-7-6-12-33(34)38(35)31-17-15-26-8-2-4-10-28(26)22-31/h2-24H,1H3. The fraction of sp³-hybridized carbons (Fsp3) is 0.0256. The van der Waals surface area contributed by atoms with E-state index >= 15 is 0 Å². The van der Waals surface area contributed by atoms with E-state index in [4.69, 9.17) is 0 Å². The van der Waals surface area contributed by atoms with E-state index in [2.05, 4.69) is 146 Å². The molecule has 8 aromatic rings. The summed E-state index contributed by atoms with van der Waals surface area (Å²) in [5.41, 5.74) is 6.38. The number of hydrogen-bond donors (Lipinski definition) is 0. The largest absolute Gasteiger partial charge is 0.141 e. The molecule has 0 fully saturated rings. The van der Waals surface area contributed by atoms with E-state index in [-0.39, 0.29) is 0 Å². The number of thiophene rings is 1. The van der Waals surface area contributed by atoms with Crippen LogP contribution in [0.5, 0.6) is 0 Å². The van der Waals surface area contributed by atoms with Crippen molar-refractivity contribution in [3.63, 3.8) is 0 Å². The summed E-state index contributed by atoms with van der Waals surface area (Å²) in [7, 11) is 0. The van der Waals surface area contributed by atoms with Gasteiger partial charge in [0, 0.05) is 9.75 Å². The van der Waals surface area contributed by atoms with Crippen molar-refractivity contribution in [3.8, 4) is 32.7 Å². The molecule has 0 bridgehead atoms. The van der Waals surface area contributed by atoms with E-state index in [9.17, 15) is 0 Å². The fourth-order valence-electron chi connectivity index (χ4n) is 6.23. The summed E-state index contributed by atoms with van der Waals surface area (Å²) in [4.78, 5) is 2.64. The first-order chi connectivity index (χ1) is 19.7. The zero-order valence-corrected chi connectivity index (χ0v) is 23.0. The summed E-state index contributed by atoms with van der Waals surface area (Å²) >= 11 is 1.86. The van der Waals surface area contributed by atoms with Gasteiger partial charge in [-0.25, -0.2) is 0 Å². The van der Waals surface area contributed by atoms with Crippen molar-refractivity contribution in [1.29, 1.82) is 0 Å². The first-order valence-electron chi connectivity index (χ1n) is 13.8. The summed E-state index contributed by atoms with van der Waals surface area (Å²) < 4.78 is 0. The Morgan fingerprint density at radius 3 is 1.45 bits per heavy atom. The summed E-state index contributed by atoms with van der Waals surface area (Å²) in [6.45, 7) is 2.18. The highest BCUT2D eigenvalue weighted by Gasteiger charge is 2.18. The van der Waals surface area contributed by atoms with Gasteiger partial charge in [-0.3, -0.25) is 0 Å². The Kier molecular flexibility index (Phi) is 5.33. The van der Waals surface area contributed by atoms with Crippen molar-refractivity contribution in [2.75, 3.05) is 0 Å². The summed E-state index contributed by atoms with van der Waals surface area (Å²) in [5.74, 6) is 0. The third kappa shape index (κ3) is 3.74. The molecule has 1 aromatic heterocycles. The van der Waals surface area contributed by atoms with Gasteiger partial charge in [-0.1, -0.05) is 109 Å². The molecular weight excluding hydrogens is 500 g/mol. The second-order valence-electron chi connectivity index (χ2n) is 10.6. The lowest BCUT2D eigenvalue weighted by Gasteiger charge is -2.19. The van der Waals surface area contributed by atoms with Crippen LogP contribution in [-0.4, -0.2) is 0 Å². The Balaban J connectivity index is 1.51. The Bertz CT molecular complexity index is 2230. The van der Waals surface area contributed by atoms with E-state index in [1.807, 2.05) is 11.3 Å². The minimum Gasteiger partial charge on any atom is -0.141 e. The molecule has 0 spiro atoms. The van der Waals surface area contributed by atoms with Gasteiger partial charge in [-0.15, -0.1) is 11.3 Å². The van der Waals surface area contributed by atoms with Crippen LogP contribution >= 0.6 is 11.3 Å². The molecule has 0 aliphatic carbocycles. The van der Waals surface area contributed by atoms with Crippen LogP contribution in [0.3, 0.4) is 0 Å². The second-order valence-corrected chi connectivity index (χ2v) is 11.9. The smallest absolute Gasteiger partial charge is 0.0345 e. The molecule has 40 heavy (non-hydrogen) atoms. The van der Waals surface area contributed by atoms with Crippen LogP contribution in [0.4, 0.5) is 0 Å². The van der Waals surface area contributed by atoms with Gasteiger partial charge in [0.1, 0.15) is 0 Å². The summed E-state index contributed by atoms with van der Waals surface area (Å²) in [6, 6.07) is 51.6. The molecule has 0 atom stereocenters. The molecular formula is C39H26S. The Labute approximate surface area is 237 Å². The molecule has 0 radical (unpaired) electrons. The topological polar surface area (TPSA) is 0 Å². The SMILES string of the molecule is Cc1ccc(-c2ccc3c(-c4ccc5ccccc5c4)c4ccccc4c(-c4ccc5ccccc5c4)c3c2)s1. The van der Waals surface area contributed by atoms with Gasteiger partial charge in [-0.05, 0) is 108 Å². The molecule has 0 amide bonds. The maximum Gasteiger partial charge on any atom is 0.0345 e. The molecule has 0 aliphatic heterocycles. The fourth-order valence-corrected chi connectivity index (χ4v) is 7.10. The lowest BCUT2D eigenvalue weighted by molar-refractivity contribution is 1.64. The van der Waals surface area contributed by atoms with E-state index in [0.717, 1.165) is 0 Å². The number of aryl methyl sites for hydroxylation is 1. The lowest BCUT2D eigenvalue weighted by Crippen LogP contribution is -1.92. The third-order valence-corrected chi connectivity index (χ3v) is 9.17. The van der Waals surface area contributed by atoms with Crippen LogP contribution in [0.1, 0.15) is 4.88 Å². The van der Waals surface area contributed by atoms with Crippen LogP contribution in [0.15, 0.2) is 140 Å². The van der Waals surface area contributed by atoms with Crippen LogP contribution in [0.2, 0.25) is 0 Å². The molecule has 8 rings (SSSR count). The van der Waals surface area contributed by atoms with Crippen LogP contribution in [0, 0.1) is 6.92 Å². The third-order valence-electron chi connectivity index (χ3n) is 8.13. The highest BCUT2D eigenvalue weighted by atomic mass is 32.1. The Morgan fingerprint density at radius 2 is 0.875 bits per heavy atom. The van der Waals surface area contributed by atoms with E-state index in [0.29, 0.717) is 0 Å². The van der Waals surface area contributed by atoms with E-state index in [1.54, 1.807) is 0 Å². The maximum absolute atomic E-state index is 2.42. The first-order valence-corrected chi connectivity index (χ1v) is 14.6. The number of benzene rings is 7. The normalized spacial score (nSPS) is 11.6. The highest BCUT2D eigenvalue weighted by molar-refractivity contribution is 7.15. The predicted octanol–water partition coefficient (Wildman–Crippen LogP) is 11.7. The second kappa shape index (κ2) is 9.19. The lowest BCUT2D eigenvalue weighted by atomic mass is 9.84. The molecule has 0 nitrogen and oxygen atoms in total. The average Bonchev–Trinajstić information content (AvgIpc) is 3.45.